The second kappa shape index (κ2) is 8.47. The zero-order chi connectivity index (χ0) is 18.6. The van der Waals surface area contributed by atoms with E-state index in [0.29, 0.717) is 24.1 Å². The first kappa shape index (κ1) is 19.3. The summed E-state index contributed by atoms with van der Waals surface area (Å²) in [5, 5.41) is 0. The first-order valence-electron chi connectivity index (χ1n) is 8.99. The average Bonchev–Trinajstić information content (AvgIpc) is 3.21. The van der Waals surface area contributed by atoms with Crippen molar-refractivity contribution >= 4 is 16.0 Å². The van der Waals surface area contributed by atoms with E-state index in [1.165, 1.54) is 31.4 Å². The molecule has 2 aliphatic heterocycles. The van der Waals surface area contributed by atoms with Gasteiger partial charge in [-0.05, 0) is 62.5 Å². The molecular formula is C18H26N2O5S. The number of rotatable bonds is 6. The van der Waals surface area contributed by atoms with Gasteiger partial charge in [-0.15, -0.1) is 0 Å². The van der Waals surface area contributed by atoms with E-state index < -0.39 is 16.0 Å². The van der Waals surface area contributed by atoms with Crippen LogP contribution in [0.2, 0.25) is 0 Å². The molecule has 2 heterocycles. The van der Waals surface area contributed by atoms with Crippen LogP contribution in [-0.4, -0.2) is 65.3 Å². The van der Waals surface area contributed by atoms with Crippen LogP contribution < -0.4 is 4.72 Å². The van der Waals surface area contributed by atoms with Gasteiger partial charge in [0.05, 0.1) is 24.2 Å². The van der Waals surface area contributed by atoms with Crippen LogP contribution >= 0.6 is 0 Å². The summed E-state index contributed by atoms with van der Waals surface area (Å²) in [6.07, 6.45) is 3.07. The van der Waals surface area contributed by atoms with Crippen LogP contribution in [0, 0.1) is 5.92 Å². The molecule has 26 heavy (non-hydrogen) atoms. The van der Waals surface area contributed by atoms with Crippen molar-refractivity contribution in [1.29, 1.82) is 0 Å². The molecule has 1 aromatic carbocycles. The lowest BCUT2D eigenvalue weighted by atomic mass is 9.96. The number of carbonyl (C=O) groups is 1. The fourth-order valence-electron chi connectivity index (χ4n) is 3.53. The topological polar surface area (TPSA) is 84.9 Å². The minimum absolute atomic E-state index is 0.158. The number of likely N-dealkylation sites (tertiary alicyclic amines) is 1. The first-order chi connectivity index (χ1) is 12.5. The van der Waals surface area contributed by atoms with Gasteiger partial charge in [0, 0.05) is 19.2 Å². The molecule has 0 aromatic heterocycles. The molecule has 0 spiro atoms. The molecule has 0 saturated carbocycles. The Morgan fingerprint density at radius 1 is 1.23 bits per heavy atom. The van der Waals surface area contributed by atoms with Crippen molar-refractivity contribution in [3.63, 3.8) is 0 Å². The van der Waals surface area contributed by atoms with E-state index in [1.807, 2.05) is 0 Å². The molecule has 2 fully saturated rings. The molecule has 0 bridgehead atoms. The predicted molar refractivity (Wildman–Crippen MR) is 96.5 cm³/mol. The zero-order valence-electron chi connectivity index (χ0n) is 15.0. The number of hydrogen-bond donors (Lipinski definition) is 1. The summed E-state index contributed by atoms with van der Waals surface area (Å²) < 4.78 is 37.7. The summed E-state index contributed by atoms with van der Waals surface area (Å²) in [5.41, 5.74) is 0.328. The van der Waals surface area contributed by atoms with Crippen molar-refractivity contribution in [1.82, 2.24) is 9.62 Å². The lowest BCUT2D eigenvalue weighted by Crippen LogP contribution is -2.43. The third-order valence-corrected chi connectivity index (χ3v) is 6.66. The van der Waals surface area contributed by atoms with Crippen molar-refractivity contribution in [2.45, 2.75) is 30.2 Å². The molecule has 1 unspecified atom stereocenters. The highest BCUT2D eigenvalue weighted by atomic mass is 32.2. The van der Waals surface area contributed by atoms with Crippen molar-refractivity contribution in [3.8, 4) is 0 Å². The average molecular weight is 382 g/mol. The number of nitrogens with zero attached hydrogens (tertiary/aromatic N) is 1. The number of nitrogens with one attached hydrogen (secondary N) is 1. The second-order valence-electron chi connectivity index (χ2n) is 6.86. The quantitative estimate of drug-likeness (QED) is 0.746. The van der Waals surface area contributed by atoms with Gasteiger partial charge in [-0.3, -0.25) is 4.90 Å². The summed E-state index contributed by atoms with van der Waals surface area (Å²) >= 11 is 0. The summed E-state index contributed by atoms with van der Waals surface area (Å²) in [7, 11) is -2.28. The van der Waals surface area contributed by atoms with E-state index in [1.54, 1.807) is 0 Å². The number of esters is 1. The van der Waals surface area contributed by atoms with Crippen LogP contribution in [0.15, 0.2) is 29.2 Å². The molecule has 1 aromatic rings. The Bertz CT molecular complexity index is 706. The lowest BCUT2D eigenvalue weighted by Gasteiger charge is -2.35. The monoisotopic (exact) mass is 382 g/mol. The second-order valence-corrected chi connectivity index (χ2v) is 8.63. The Morgan fingerprint density at radius 3 is 2.50 bits per heavy atom. The molecular weight excluding hydrogens is 356 g/mol. The Hall–Kier alpha value is -1.48. The van der Waals surface area contributed by atoms with Gasteiger partial charge in [-0.2, -0.15) is 0 Å². The number of hydrogen-bond acceptors (Lipinski definition) is 6. The number of sulfonamides is 1. The van der Waals surface area contributed by atoms with Gasteiger partial charge in [0.15, 0.2) is 0 Å². The minimum atomic E-state index is -3.57. The van der Waals surface area contributed by atoms with Gasteiger partial charge in [-0.1, -0.05) is 0 Å². The predicted octanol–water partition coefficient (Wildman–Crippen LogP) is 1.25. The first-order valence-corrected chi connectivity index (χ1v) is 10.5. The number of ether oxygens (including phenoxy) is 2. The molecule has 2 saturated heterocycles. The third kappa shape index (κ3) is 4.62. The molecule has 1 N–H and O–H groups in total. The maximum Gasteiger partial charge on any atom is 0.337 e. The Morgan fingerprint density at radius 2 is 1.92 bits per heavy atom. The van der Waals surface area contributed by atoms with Crippen molar-refractivity contribution in [2.75, 3.05) is 40.0 Å². The van der Waals surface area contributed by atoms with E-state index in [2.05, 4.69) is 14.4 Å². The lowest BCUT2D eigenvalue weighted by molar-refractivity contribution is 0.0600. The maximum absolute atomic E-state index is 12.4. The number of piperidine rings is 1. The van der Waals surface area contributed by atoms with Crippen LogP contribution in [0.1, 0.15) is 29.6 Å². The normalized spacial score (nSPS) is 22.4. The van der Waals surface area contributed by atoms with Crippen molar-refractivity contribution in [3.05, 3.63) is 29.8 Å². The molecule has 1 atom stereocenters. The molecule has 0 amide bonds. The van der Waals surface area contributed by atoms with Gasteiger partial charge >= 0.3 is 5.97 Å². The molecule has 7 nitrogen and oxygen atoms in total. The zero-order valence-corrected chi connectivity index (χ0v) is 15.8. The van der Waals surface area contributed by atoms with Gasteiger partial charge in [0.2, 0.25) is 10.0 Å². The fourth-order valence-corrected chi connectivity index (χ4v) is 4.65. The van der Waals surface area contributed by atoms with Crippen LogP contribution in [0.3, 0.4) is 0 Å². The Balaban J connectivity index is 1.50. The SMILES string of the molecule is COC(=O)c1ccc(S(=O)(=O)NCC2CCN(C3CCOC3)CC2)cc1. The maximum atomic E-state index is 12.4. The van der Waals surface area contributed by atoms with Gasteiger partial charge in [-0.25, -0.2) is 17.9 Å². The number of carbonyl (C=O) groups excluding carboxylic acids is 1. The summed E-state index contributed by atoms with van der Waals surface area (Å²) in [4.78, 5) is 14.0. The smallest absolute Gasteiger partial charge is 0.337 e. The van der Waals surface area contributed by atoms with Crippen LogP contribution in [0.5, 0.6) is 0 Å². The largest absolute Gasteiger partial charge is 0.465 e. The van der Waals surface area contributed by atoms with Crippen molar-refractivity contribution < 1.29 is 22.7 Å². The van der Waals surface area contributed by atoms with E-state index in [4.69, 9.17) is 4.74 Å². The van der Waals surface area contributed by atoms with Crippen LogP contribution in [0.4, 0.5) is 0 Å². The van der Waals surface area contributed by atoms with E-state index in [0.717, 1.165) is 45.6 Å². The molecule has 3 rings (SSSR count). The van der Waals surface area contributed by atoms with E-state index in [-0.39, 0.29) is 4.90 Å². The Labute approximate surface area is 154 Å². The van der Waals surface area contributed by atoms with Crippen LogP contribution in [0.25, 0.3) is 0 Å². The Kier molecular flexibility index (Phi) is 6.29. The van der Waals surface area contributed by atoms with Gasteiger partial charge < -0.3 is 9.47 Å². The summed E-state index contributed by atoms with van der Waals surface area (Å²) in [6.45, 7) is 4.09. The molecule has 8 heteroatoms. The highest BCUT2D eigenvalue weighted by Crippen LogP contribution is 2.22. The van der Waals surface area contributed by atoms with Gasteiger partial charge in [0.25, 0.3) is 0 Å². The number of benzene rings is 1. The third-order valence-electron chi connectivity index (χ3n) is 5.22. The summed E-state index contributed by atoms with van der Waals surface area (Å²) in [5.74, 6) is -0.140. The van der Waals surface area contributed by atoms with E-state index >= 15 is 0 Å². The standard InChI is InChI=1S/C18H26N2O5S/c1-24-18(21)15-2-4-17(5-3-15)26(22,23)19-12-14-6-9-20(10-7-14)16-8-11-25-13-16/h2-5,14,16,19H,6-13H2,1H3. The van der Waals surface area contributed by atoms with E-state index in [9.17, 15) is 13.2 Å². The molecule has 144 valence electrons. The summed E-state index contributed by atoms with van der Waals surface area (Å²) in [6, 6.07) is 6.31. The van der Waals surface area contributed by atoms with Crippen LogP contribution in [-0.2, 0) is 19.5 Å². The molecule has 2 aliphatic rings. The fraction of sp³-hybridized carbons (Fsp3) is 0.611. The molecule has 0 radical (unpaired) electrons. The molecule has 0 aliphatic carbocycles. The van der Waals surface area contributed by atoms with Gasteiger partial charge in [0.1, 0.15) is 0 Å². The minimum Gasteiger partial charge on any atom is -0.465 e. The number of methoxy groups -OCH3 is 1. The highest BCUT2D eigenvalue weighted by Gasteiger charge is 2.28. The van der Waals surface area contributed by atoms with Crippen molar-refractivity contribution in [2.24, 2.45) is 5.92 Å². The highest BCUT2D eigenvalue weighted by molar-refractivity contribution is 7.89.